The standard InChI is InChI=1S/C3H7NO3/c1-3(5)2-4(6)7/h3,5H,2H2,1H3. The van der Waals surface area contributed by atoms with E-state index in [9.17, 15) is 10.1 Å². The zero-order valence-electron chi connectivity index (χ0n) is 4.00. The van der Waals surface area contributed by atoms with Crippen molar-refractivity contribution in [1.29, 1.82) is 0 Å². The molecule has 0 aromatic carbocycles. The van der Waals surface area contributed by atoms with Crippen LogP contribution >= 0.6 is 0 Å². The fourth-order valence-corrected chi connectivity index (χ4v) is 0.216. The molecule has 0 radical (unpaired) electrons. The van der Waals surface area contributed by atoms with Gasteiger partial charge in [-0.2, -0.15) is 0 Å². The molecule has 0 saturated carbocycles. The summed E-state index contributed by atoms with van der Waals surface area (Å²) in [5, 5.41) is 17.7. The molecule has 42 valence electrons. The summed E-state index contributed by atoms with van der Waals surface area (Å²) in [6.07, 6.45) is -0.824. The van der Waals surface area contributed by atoms with Crippen molar-refractivity contribution < 1.29 is 10.0 Å². The van der Waals surface area contributed by atoms with Crippen molar-refractivity contribution in [1.82, 2.24) is 0 Å². The Morgan fingerprint density at radius 1 is 2.00 bits per heavy atom. The maximum Gasteiger partial charge on any atom is 0.229 e. The number of hydrogen-bond acceptors (Lipinski definition) is 3. The lowest BCUT2D eigenvalue weighted by atomic mass is 10.4. The molecule has 0 rings (SSSR count). The number of nitro groups is 1. The molecule has 1 atom stereocenters. The maximum atomic E-state index is 9.46. The van der Waals surface area contributed by atoms with E-state index < -0.39 is 11.0 Å². The fourth-order valence-electron chi connectivity index (χ4n) is 0.216. The van der Waals surface area contributed by atoms with Crippen LogP contribution < -0.4 is 0 Å². The Labute approximate surface area is 40.9 Å². The van der Waals surface area contributed by atoms with Crippen molar-refractivity contribution in [3.63, 3.8) is 0 Å². The van der Waals surface area contributed by atoms with E-state index in [1.165, 1.54) is 6.92 Å². The van der Waals surface area contributed by atoms with Gasteiger partial charge in [-0.3, -0.25) is 10.1 Å². The van der Waals surface area contributed by atoms with E-state index in [0.29, 0.717) is 0 Å². The summed E-state index contributed by atoms with van der Waals surface area (Å²) in [4.78, 5) is 8.90. The topological polar surface area (TPSA) is 63.4 Å². The Morgan fingerprint density at radius 2 is 2.43 bits per heavy atom. The van der Waals surface area contributed by atoms with Gasteiger partial charge in [-0.15, -0.1) is 0 Å². The van der Waals surface area contributed by atoms with Crippen molar-refractivity contribution in [3.8, 4) is 0 Å². The molecular formula is C3H7NO3. The van der Waals surface area contributed by atoms with Crippen LogP contribution in [0, 0.1) is 10.1 Å². The average Bonchev–Trinajstić information content (AvgIpc) is 1.27. The minimum atomic E-state index is -0.824. The van der Waals surface area contributed by atoms with Crippen LogP contribution in [0.4, 0.5) is 0 Å². The Hall–Kier alpha value is -0.640. The first kappa shape index (κ1) is 6.36. The second-order valence-corrected chi connectivity index (χ2v) is 1.36. The number of aliphatic hydroxyl groups is 1. The molecule has 4 nitrogen and oxygen atoms in total. The van der Waals surface area contributed by atoms with Crippen LogP contribution in [0.25, 0.3) is 0 Å². The molecule has 0 bridgehead atoms. The third kappa shape index (κ3) is 5.36. The molecular weight excluding hydrogens is 98.0 g/mol. The summed E-state index contributed by atoms with van der Waals surface area (Å²) in [5.41, 5.74) is 0. The smallest absolute Gasteiger partial charge is 0.229 e. The van der Waals surface area contributed by atoms with Gasteiger partial charge < -0.3 is 5.11 Å². The van der Waals surface area contributed by atoms with Crippen LogP contribution in [0.2, 0.25) is 0 Å². The Morgan fingerprint density at radius 3 is 2.43 bits per heavy atom. The van der Waals surface area contributed by atoms with Gasteiger partial charge in [0.1, 0.15) is 6.10 Å². The van der Waals surface area contributed by atoms with Gasteiger partial charge in [-0.25, -0.2) is 0 Å². The molecule has 0 aliphatic heterocycles. The summed E-state index contributed by atoms with van der Waals surface area (Å²) in [7, 11) is 0. The second-order valence-electron chi connectivity index (χ2n) is 1.36. The molecule has 0 fully saturated rings. The van der Waals surface area contributed by atoms with Crippen LogP contribution in [0.15, 0.2) is 0 Å². The first-order valence-electron chi connectivity index (χ1n) is 1.93. The molecule has 1 N–H and O–H groups in total. The van der Waals surface area contributed by atoms with Crippen LogP contribution in [0.3, 0.4) is 0 Å². The number of hydrogen-bond donors (Lipinski definition) is 1. The minimum absolute atomic E-state index is 0.361. The van der Waals surface area contributed by atoms with E-state index in [4.69, 9.17) is 5.11 Å². The van der Waals surface area contributed by atoms with Crippen molar-refractivity contribution in [2.75, 3.05) is 6.54 Å². The molecule has 1 unspecified atom stereocenters. The second kappa shape index (κ2) is 2.52. The molecule has 7 heavy (non-hydrogen) atoms. The summed E-state index contributed by atoms with van der Waals surface area (Å²) in [6.45, 7) is 1.02. The minimum Gasteiger partial charge on any atom is -0.387 e. The Balaban J connectivity index is 3.13. The van der Waals surface area contributed by atoms with Crippen molar-refractivity contribution in [2.24, 2.45) is 0 Å². The van der Waals surface area contributed by atoms with E-state index >= 15 is 0 Å². The monoisotopic (exact) mass is 105 g/mol. The Kier molecular flexibility index (Phi) is 2.29. The van der Waals surface area contributed by atoms with E-state index in [1.54, 1.807) is 0 Å². The average molecular weight is 105 g/mol. The van der Waals surface area contributed by atoms with Crippen molar-refractivity contribution in [3.05, 3.63) is 10.1 Å². The van der Waals surface area contributed by atoms with Gasteiger partial charge in [-0.05, 0) is 6.92 Å². The van der Waals surface area contributed by atoms with Crippen molar-refractivity contribution >= 4 is 0 Å². The predicted molar refractivity (Wildman–Crippen MR) is 23.5 cm³/mol. The fraction of sp³-hybridized carbons (Fsp3) is 1.00. The maximum absolute atomic E-state index is 9.46. The van der Waals surface area contributed by atoms with Crippen LogP contribution in [-0.4, -0.2) is 22.7 Å². The van der Waals surface area contributed by atoms with Crippen LogP contribution in [0.1, 0.15) is 6.92 Å². The molecule has 0 spiro atoms. The summed E-state index contributed by atoms with van der Waals surface area (Å²) in [5.74, 6) is 0. The summed E-state index contributed by atoms with van der Waals surface area (Å²) >= 11 is 0. The highest BCUT2D eigenvalue weighted by atomic mass is 16.6. The largest absolute Gasteiger partial charge is 0.387 e. The van der Waals surface area contributed by atoms with Crippen molar-refractivity contribution in [2.45, 2.75) is 13.0 Å². The van der Waals surface area contributed by atoms with Gasteiger partial charge >= 0.3 is 0 Å². The molecule has 0 amide bonds. The highest BCUT2D eigenvalue weighted by Gasteiger charge is 2.01. The van der Waals surface area contributed by atoms with Gasteiger partial charge in [0.15, 0.2) is 0 Å². The molecule has 0 aromatic heterocycles. The number of nitrogens with zero attached hydrogens (tertiary/aromatic N) is 1. The van der Waals surface area contributed by atoms with Gasteiger partial charge in [0, 0.05) is 4.92 Å². The van der Waals surface area contributed by atoms with Gasteiger partial charge in [-0.1, -0.05) is 0 Å². The lowest BCUT2D eigenvalue weighted by molar-refractivity contribution is -0.489. The third-order valence-corrected chi connectivity index (χ3v) is 0.413. The Bertz CT molecular complexity index is 70.6. The highest BCUT2D eigenvalue weighted by molar-refractivity contribution is 4.37. The number of rotatable bonds is 2. The summed E-state index contributed by atoms with van der Waals surface area (Å²) < 4.78 is 0. The zero-order chi connectivity index (χ0) is 5.86. The normalized spacial score (nSPS) is 13.4. The number of aliphatic hydroxyl groups excluding tert-OH is 1. The van der Waals surface area contributed by atoms with E-state index in [0.717, 1.165) is 0 Å². The van der Waals surface area contributed by atoms with Gasteiger partial charge in [0.05, 0.1) is 0 Å². The lowest BCUT2D eigenvalue weighted by Crippen LogP contribution is -2.14. The van der Waals surface area contributed by atoms with Crippen LogP contribution in [0.5, 0.6) is 0 Å². The summed E-state index contributed by atoms with van der Waals surface area (Å²) in [6, 6.07) is 0. The molecule has 0 heterocycles. The first-order valence-corrected chi connectivity index (χ1v) is 1.93. The lowest BCUT2D eigenvalue weighted by Gasteiger charge is -1.92. The highest BCUT2D eigenvalue weighted by Crippen LogP contribution is 1.77. The molecule has 0 aliphatic carbocycles. The molecule has 0 saturated heterocycles. The molecule has 0 aromatic rings. The quantitative estimate of drug-likeness (QED) is 0.385. The molecule has 4 heteroatoms. The SMILES string of the molecule is CC(O)C[N+](=O)[O-]. The third-order valence-electron chi connectivity index (χ3n) is 0.413. The predicted octanol–water partition coefficient (Wildman–Crippen LogP) is -0.356. The van der Waals surface area contributed by atoms with Gasteiger partial charge in [0.25, 0.3) is 0 Å². The van der Waals surface area contributed by atoms with E-state index in [-0.39, 0.29) is 6.54 Å². The van der Waals surface area contributed by atoms with E-state index in [2.05, 4.69) is 0 Å². The van der Waals surface area contributed by atoms with Gasteiger partial charge in [0.2, 0.25) is 6.54 Å². The van der Waals surface area contributed by atoms with E-state index in [1.807, 2.05) is 0 Å². The molecule has 0 aliphatic rings. The van der Waals surface area contributed by atoms with Crippen LogP contribution in [-0.2, 0) is 0 Å². The zero-order valence-corrected chi connectivity index (χ0v) is 4.00. The first-order chi connectivity index (χ1) is 3.13.